The normalized spacial score (nSPS) is 16.5. The standard InChI is InChI=1S/C21H24ClNO4S/c1-28(25,26)14-16-2-4-17(5-3-16)20(24)23-15-21(10-12-27-13-11-21)18-6-8-19(22)9-7-18/h2-9H,10-15H2,1H3,(H,23,24). The Morgan fingerprint density at radius 1 is 1.07 bits per heavy atom. The maximum Gasteiger partial charge on any atom is 0.251 e. The van der Waals surface area contributed by atoms with Crippen LogP contribution in [0.3, 0.4) is 0 Å². The minimum Gasteiger partial charge on any atom is -0.381 e. The molecule has 28 heavy (non-hydrogen) atoms. The number of amides is 1. The van der Waals surface area contributed by atoms with Crippen LogP contribution in [0.15, 0.2) is 48.5 Å². The van der Waals surface area contributed by atoms with Crippen molar-refractivity contribution in [3.8, 4) is 0 Å². The molecule has 0 aliphatic carbocycles. The van der Waals surface area contributed by atoms with Gasteiger partial charge in [0, 0.05) is 42.0 Å². The molecule has 2 aromatic carbocycles. The van der Waals surface area contributed by atoms with Gasteiger partial charge in [0.2, 0.25) is 0 Å². The van der Waals surface area contributed by atoms with E-state index in [1.54, 1.807) is 24.3 Å². The molecule has 3 rings (SSSR count). The Hall–Kier alpha value is -1.89. The molecule has 150 valence electrons. The molecule has 5 nitrogen and oxygen atoms in total. The summed E-state index contributed by atoms with van der Waals surface area (Å²) in [6.07, 6.45) is 2.84. The van der Waals surface area contributed by atoms with Crippen LogP contribution in [0.4, 0.5) is 0 Å². The number of carbonyl (C=O) groups excluding carboxylic acids is 1. The highest BCUT2D eigenvalue weighted by molar-refractivity contribution is 7.89. The maximum absolute atomic E-state index is 12.6. The SMILES string of the molecule is CS(=O)(=O)Cc1ccc(C(=O)NCC2(c3ccc(Cl)cc3)CCOCC2)cc1. The molecule has 0 spiro atoms. The van der Waals surface area contributed by atoms with Crippen molar-refractivity contribution in [2.24, 2.45) is 0 Å². The number of sulfone groups is 1. The largest absolute Gasteiger partial charge is 0.381 e. The Kier molecular flexibility index (Phi) is 6.43. The smallest absolute Gasteiger partial charge is 0.251 e. The van der Waals surface area contributed by atoms with Crippen LogP contribution in [0, 0.1) is 0 Å². The van der Waals surface area contributed by atoms with Gasteiger partial charge in [0.15, 0.2) is 9.84 Å². The lowest BCUT2D eigenvalue weighted by atomic mass is 9.74. The number of benzene rings is 2. The van der Waals surface area contributed by atoms with Crippen LogP contribution in [0.1, 0.15) is 34.3 Å². The topological polar surface area (TPSA) is 72.5 Å². The maximum atomic E-state index is 12.6. The highest BCUT2D eigenvalue weighted by atomic mass is 35.5. The van der Waals surface area contributed by atoms with Crippen LogP contribution >= 0.6 is 11.6 Å². The predicted octanol–water partition coefficient (Wildman–Crippen LogP) is 3.36. The third-order valence-electron chi connectivity index (χ3n) is 5.14. The summed E-state index contributed by atoms with van der Waals surface area (Å²) in [5, 5.41) is 3.73. The van der Waals surface area contributed by atoms with Crippen molar-refractivity contribution in [1.29, 1.82) is 0 Å². The Morgan fingerprint density at radius 2 is 1.68 bits per heavy atom. The summed E-state index contributed by atoms with van der Waals surface area (Å²) < 4.78 is 28.3. The Labute approximate surface area is 171 Å². The summed E-state index contributed by atoms with van der Waals surface area (Å²) in [5.74, 6) is -0.208. The van der Waals surface area contributed by atoms with Gasteiger partial charge in [0.1, 0.15) is 0 Å². The highest BCUT2D eigenvalue weighted by Gasteiger charge is 2.34. The molecule has 7 heteroatoms. The van der Waals surface area contributed by atoms with Gasteiger partial charge in [-0.2, -0.15) is 0 Å². The molecule has 0 unspecified atom stereocenters. The van der Waals surface area contributed by atoms with E-state index in [-0.39, 0.29) is 17.1 Å². The predicted molar refractivity (Wildman–Crippen MR) is 111 cm³/mol. The molecule has 0 atom stereocenters. The van der Waals surface area contributed by atoms with E-state index in [0.29, 0.717) is 35.9 Å². The van der Waals surface area contributed by atoms with E-state index in [9.17, 15) is 13.2 Å². The second-order valence-corrected chi connectivity index (χ2v) is 9.93. The Bertz CT molecular complexity index is 918. The number of rotatable bonds is 6. The van der Waals surface area contributed by atoms with E-state index in [1.807, 2.05) is 24.3 Å². The number of nitrogens with one attached hydrogen (secondary N) is 1. The fraction of sp³-hybridized carbons (Fsp3) is 0.381. The Morgan fingerprint density at radius 3 is 2.25 bits per heavy atom. The summed E-state index contributed by atoms with van der Waals surface area (Å²) >= 11 is 6.02. The van der Waals surface area contributed by atoms with Gasteiger partial charge in [-0.1, -0.05) is 35.9 Å². The monoisotopic (exact) mass is 421 g/mol. The lowest BCUT2D eigenvalue weighted by Crippen LogP contribution is -2.44. The van der Waals surface area contributed by atoms with Crippen LogP contribution in [-0.4, -0.2) is 40.3 Å². The second-order valence-electron chi connectivity index (χ2n) is 7.35. The Balaban J connectivity index is 1.71. The zero-order chi connectivity index (χ0) is 20.2. The minimum absolute atomic E-state index is 0.0332. The lowest BCUT2D eigenvalue weighted by molar-refractivity contribution is 0.0487. The fourth-order valence-corrected chi connectivity index (χ4v) is 4.46. The van der Waals surface area contributed by atoms with E-state index in [2.05, 4.69) is 5.32 Å². The van der Waals surface area contributed by atoms with Crippen molar-refractivity contribution in [1.82, 2.24) is 5.32 Å². The first kappa shape index (κ1) is 20.8. The van der Waals surface area contributed by atoms with Crippen molar-refractivity contribution in [2.75, 3.05) is 26.0 Å². The van der Waals surface area contributed by atoms with Crippen molar-refractivity contribution >= 4 is 27.3 Å². The van der Waals surface area contributed by atoms with E-state index in [1.165, 1.54) is 6.26 Å². The zero-order valence-electron chi connectivity index (χ0n) is 15.8. The van der Waals surface area contributed by atoms with E-state index in [4.69, 9.17) is 16.3 Å². The van der Waals surface area contributed by atoms with Gasteiger partial charge in [0.05, 0.1) is 5.75 Å². The van der Waals surface area contributed by atoms with Crippen LogP contribution in [0.5, 0.6) is 0 Å². The van der Waals surface area contributed by atoms with E-state index < -0.39 is 9.84 Å². The summed E-state index contributed by atoms with van der Waals surface area (Å²) in [4.78, 5) is 12.6. The number of ether oxygens (including phenoxy) is 1. The van der Waals surface area contributed by atoms with Gasteiger partial charge in [-0.3, -0.25) is 4.79 Å². The van der Waals surface area contributed by atoms with E-state index in [0.717, 1.165) is 18.4 Å². The van der Waals surface area contributed by atoms with Gasteiger partial charge in [-0.05, 0) is 48.2 Å². The summed E-state index contributed by atoms with van der Waals surface area (Å²) in [6, 6.07) is 14.5. The highest BCUT2D eigenvalue weighted by Crippen LogP contribution is 2.35. The minimum atomic E-state index is -3.10. The molecule has 0 saturated carbocycles. The zero-order valence-corrected chi connectivity index (χ0v) is 17.4. The first-order valence-electron chi connectivity index (χ1n) is 9.16. The molecule has 1 fully saturated rings. The van der Waals surface area contributed by atoms with Crippen molar-refractivity contribution in [3.63, 3.8) is 0 Å². The van der Waals surface area contributed by atoms with Gasteiger partial charge < -0.3 is 10.1 Å². The molecule has 1 N–H and O–H groups in total. The van der Waals surface area contributed by atoms with Gasteiger partial charge in [-0.15, -0.1) is 0 Å². The van der Waals surface area contributed by atoms with Crippen LogP contribution in [0.2, 0.25) is 5.02 Å². The van der Waals surface area contributed by atoms with Crippen LogP contribution in [-0.2, 0) is 25.7 Å². The van der Waals surface area contributed by atoms with Gasteiger partial charge in [0.25, 0.3) is 5.91 Å². The van der Waals surface area contributed by atoms with E-state index >= 15 is 0 Å². The molecule has 1 aliphatic rings. The molecular weight excluding hydrogens is 398 g/mol. The third kappa shape index (κ3) is 5.34. The third-order valence-corrected chi connectivity index (χ3v) is 6.25. The molecule has 0 radical (unpaired) electrons. The summed E-state index contributed by atoms with van der Waals surface area (Å²) in [6.45, 7) is 1.80. The summed E-state index contributed by atoms with van der Waals surface area (Å²) in [7, 11) is -3.10. The number of hydrogen-bond donors (Lipinski definition) is 1. The number of carbonyl (C=O) groups is 1. The van der Waals surface area contributed by atoms with Crippen LogP contribution < -0.4 is 5.32 Å². The van der Waals surface area contributed by atoms with Gasteiger partial charge >= 0.3 is 0 Å². The molecule has 1 saturated heterocycles. The molecule has 1 amide bonds. The van der Waals surface area contributed by atoms with Crippen LogP contribution in [0.25, 0.3) is 0 Å². The fourth-order valence-electron chi connectivity index (χ4n) is 3.54. The second kappa shape index (κ2) is 8.64. The molecule has 2 aromatic rings. The van der Waals surface area contributed by atoms with Gasteiger partial charge in [-0.25, -0.2) is 8.42 Å². The first-order valence-corrected chi connectivity index (χ1v) is 11.6. The van der Waals surface area contributed by atoms with Crippen molar-refractivity contribution in [2.45, 2.75) is 24.0 Å². The summed E-state index contributed by atoms with van der Waals surface area (Å²) in [5.41, 5.74) is 2.13. The average molecular weight is 422 g/mol. The van der Waals surface area contributed by atoms with Crippen molar-refractivity contribution < 1.29 is 17.9 Å². The quantitative estimate of drug-likeness (QED) is 0.776. The molecule has 0 bridgehead atoms. The first-order chi connectivity index (χ1) is 13.3. The molecule has 0 aromatic heterocycles. The molecule has 1 aliphatic heterocycles. The molecule has 1 heterocycles. The average Bonchev–Trinajstić information content (AvgIpc) is 2.67. The molecular formula is C21H24ClNO4S. The number of hydrogen-bond acceptors (Lipinski definition) is 4. The van der Waals surface area contributed by atoms with Crippen molar-refractivity contribution in [3.05, 3.63) is 70.2 Å². The lowest BCUT2D eigenvalue weighted by Gasteiger charge is -2.38. The number of halogens is 1.